The fourth-order valence-electron chi connectivity index (χ4n) is 3.55. The molecule has 0 aromatic heterocycles. The van der Waals surface area contributed by atoms with Crippen molar-refractivity contribution in [3.8, 4) is 11.5 Å². The zero-order valence-corrected chi connectivity index (χ0v) is 16.4. The molecule has 0 saturated heterocycles. The van der Waals surface area contributed by atoms with E-state index in [9.17, 15) is 15.3 Å². The van der Waals surface area contributed by atoms with Crippen molar-refractivity contribution < 1.29 is 15.3 Å². The van der Waals surface area contributed by atoms with Crippen molar-refractivity contribution in [1.29, 1.82) is 0 Å². The fourth-order valence-corrected chi connectivity index (χ4v) is 3.55. The lowest BCUT2D eigenvalue weighted by Gasteiger charge is -2.18. The molecule has 0 aliphatic rings. The lowest BCUT2D eigenvalue weighted by atomic mass is 9.85. The van der Waals surface area contributed by atoms with Gasteiger partial charge in [0.05, 0.1) is 6.61 Å². The minimum Gasteiger partial charge on any atom is -0.508 e. The summed E-state index contributed by atoms with van der Waals surface area (Å²) in [5.41, 5.74) is 6.81. The van der Waals surface area contributed by atoms with Gasteiger partial charge in [0, 0.05) is 0 Å². The van der Waals surface area contributed by atoms with Crippen molar-refractivity contribution in [2.75, 3.05) is 0 Å². The highest BCUT2D eigenvalue weighted by atomic mass is 16.3. The van der Waals surface area contributed by atoms with Crippen molar-refractivity contribution in [2.24, 2.45) is 0 Å². The van der Waals surface area contributed by atoms with Crippen LogP contribution in [0.1, 0.15) is 27.8 Å². The molecule has 0 aliphatic heterocycles. The number of aromatic hydroxyl groups is 2. The second kappa shape index (κ2) is 8.68. The van der Waals surface area contributed by atoms with E-state index in [1.165, 1.54) is 0 Å². The summed E-state index contributed by atoms with van der Waals surface area (Å²) in [4.78, 5) is 0. The molecule has 4 rings (SSSR count). The second-order valence-electron chi connectivity index (χ2n) is 7.06. The van der Waals surface area contributed by atoms with Crippen molar-refractivity contribution in [3.05, 3.63) is 131 Å². The van der Waals surface area contributed by atoms with Gasteiger partial charge >= 0.3 is 0 Å². The van der Waals surface area contributed by atoms with Crippen molar-refractivity contribution in [1.82, 2.24) is 0 Å². The Kier molecular flexibility index (Phi) is 5.64. The van der Waals surface area contributed by atoms with Crippen LogP contribution in [-0.4, -0.2) is 15.3 Å². The van der Waals surface area contributed by atoms with Gasteiger partial charge in [-0.15, -0.1) is 0 Å². The molecular weight excluding hydrogens is 372 g/mol. The first kappa shape index (κ1) is 19.5. The summed E-state index contributed by atoms with van der Waals surface area (Å²) in [5, 5.41) is 29.0. The number of phenols is 2. The van der Waals surface area contributed by atoms with Gasteiger partial charge in [0.25, 0.3) is 0 Å². The predicted octanol–water partition coefficient (Wildman–Crippen LogP) is 5.60. The van der Waals surface area contributed by atoms with Crippen LogP contribution in [0.2, 0.25) is 0 Å². The van der Waals surface area contributed by atoms with E-state index in [0.717, 1.165) is 39.0 Å². The molecule has 3 nitrogen and oxygen atoms in total. The standard InChI is InChI=1S/C27H22O3/c28-18-19-6-8-21(9-7-19)26(20-4-2-1-3-5-20)27(22-10-14-24(29)15-11-22)23-12-16-25(30)17-13-23/h1-17,28-30H,18H2. The number of hydrogen-bond acceptors (Lipinski definition) is 3. The second-order valence-corrected chi connectivity index (χ2v) is 7.06. The highest BCUT2D eigenvalue weighted by Crippen LogP contribution is 2.37. The Morgan fingerprint density at radius 1 is 0.467 bits per heavy atom. The van der Waals surface area contributed by atoms with Gasteiger partial charge in [-0.3, -0.25) is 0 Å². The van der Waals surface area contributed by atoms with Crippen LogP contribution in [-0.2, 0) is 6.61 Å². The van der Waals surface area contributed by atoms with Crippen molar-refractivity contribution in [3.63, 3.8) is 0 Å². The van der Waals surface area contributed by atoms with Gasteiger partial charge in [0.1, 0.15) is 11.5 Å². The molecule has 0 heterocycles. The quantitative estimate of drug-likeness (QED) is 0.386. The summed E-state index contributed by atoms with van der Waals surface area (Å²) in [5.74, 6) is 0.412. The monoisotopic (exact) mass is 394 g/mol. The molecule has 0 bridgehead atoms. The van der Waals surface area contributed by atoms with Crippen LogP contribution in [0.5, 0.6) is 11.5 Å². The minimum absolute atomic E-state index is 0.00650. The predicted molar refractivity (Wildman–Crippen MR) is 120 cm³/mol. The summed E-state index contributed by atoms with van der Waals surface area (Å²) >= 11 is 0. The largest absolute Gasteiger partial charge is 0.508 e. The zero-order chi connectivity index (χ0) is 20.9. The summed E-state index contributed by atoms with van der Waals surface area (Å²) in [6.07, 6.45) is 0. The third-order valence-electron chi connectivity index (χ3n) is 5.05. The number of rotatable bonds is 5. The Labute approximate surface area is 175 Å². The van der Waals surface area contributed by atoms with Crippen LogP contribution in [0.25, 0.3) is 11.1 Å². The maximum Gasteiger partial charge on any atom is 0.115 e. The van der Waals surface area contributed by atoms with Crippen LogP contribution < -0.4 is 0 Å². The minimum atomic E-state index is -0.00650. The van der Waals surface area contributed by atoms with Crippen molar-refractivity contribution in [2.45, 2.75) is 6.61 Å². The highest BCUT2D eigenvalue weighted by molar-refractivity contribution is 6.04. The molecule has 4 aromatic carbocycles. The van der Waals surface area contributed by atoms with E-state index in [-0.39, 0.29) is 18.1 Å². The Morgan fingerprint density at radius 3 is 1.23 bits per heavy atom. The third-order valence-corrected chi connectivity index (χ3v) is 5.05. The Balaban J connectivity index is 2.05. The first-order chi connectivity index (χ1) is 14.7. The molecule has 3 N–H and O–H groups in total. The van der Waals surface area contributed by atoms with E-state index < -0.39 is 0 Å². The van der Waals surface area contributed by atoms with E-state index in [1.807, 2.05) is 66.7 Å². The summed E-state index contributed by atoms with van der Waals surface area (Å²) in [7, 11) is 0. The lowest BCUT2D eigenvalue weighted by molar-refractivity contribution is 0.282. The molecule has 0 spiro atoms. The number of aliphatic hydroxyl groups excluding tert-OH is 1. The average molecular weight is 394 g/mol. The molecule has 0 atom stereocenters. The Bertz CT molecular complexity index is 1090. The lowest BCUT2D eigenvalue weighted by Crippen LogP contribution is -1.98. The number of benzene rings is 4. The van der Waals surface area contributed by atoms with Gasteiger partial charge in [-0.2, -0.15) is 0 Å². The van der Waals surface area contributed by atoms with Crippen LogP contribution >= 0.6 is 0 Å². The fraction of sp³-hybridized carbons (Fsp3) is 0.0370. The molecule has 4 aromatic rings. The molecule has 0 fully saturated rings. The third kappa shape index (κ3) is 4.12. The highest BCUT2D eigenvalue weighted by Gasteiger charge is 2.16. The normalized spacial score (nSPS) is 10.6. The number of phenolic OH excluding ortho intramolecular Hbond substituents is 2. The van der Waals surface area contributed by atoms with E-state index in [0.29, 0.717) is 0 Å². The molecule has 3 heteroatoms. The molecule has 0 unspecified atom stereocenters. The van der Waals surface area contributed by atoms with Crippen LogP contribution in [0.3, 0.4) is 0 Å². The molecule has 30 heavy (non-hydrogen) atoms. The van der Waals surface area contributed by atoms with Crippen LogP contribution in [0, 0.1) is 0 Å². The van der Waals surface area contributed by atoms with Gasteiger partial charge < -0.3 is 15.3 Å². The molecular formula is C27H22O3. The molecule has 0 amide bonds. The topological polar surface area (TPSA) is 60.7 Å². The summed E-state index contributed by atoms with van der Waals surface area (Å²) < 4.78 is 0. The van der Waals surface area contributed by atoms with Gasteiger partial charge in [-0.05, 0) is 63.2 Å². The van der Waals surface area contributed by atoms with Gasteiger partial charge in [-0.1, -0.05) is 78.9 Å². The smallest absolute Gasteiger partial charge is 0.115 e. The summed E-state index contributed by atoms with van der Waals surface area (Å²) in [6.45, 7) is -0.00650. The molecule has 0 radical (unpaired) electrons. The average Bonchev–Trinajstić information content (AvgIpc) is 2.80. The van der Waals surface area contributed by atoms with Gasteiger partial charge in [0.2, 0.25) is 0 Å². The van der Waals surface area contributed by atoms with Crippen molar-refractivity contribution >= 4 is 11.1 Å². The SMILES string of the molecule is OCc1ccc(C(=C(c2ccc(O)cc2)c2ccc(O)cc2)c2ccccc2)cc1. The van der Waals surface area contributed by atoms with Crippen LogP contribution in [0.4, 0.5) is 0 Å². The van der Waals surface area contributed by atoms with E-state index >= 15 is 0 Å². The van der Waals surface area contributed by atoms with E-state index in [2.05, 4.69) is 12.1 Å². The molecule has 0 aliphatic carbocycles. The van der Waals surface area contributed by atoms with E-state index in [1.54, 1.807) is 24.3 Å². The maximum absolute atomic E-state index is 9.80. The van der Waals surface area contributed by atoms with E-state index in [4.69, 9.17) is 0 Å². The Morgan fingerprint density at radius 2 is 0.833 bits per heavy atom. The van der Waals surface area contributed by atoms with Gasteiger partial charge in [0.15, 0.2) is 0 Å². The molecule has 148 valence electrons. The maximum atomic E-state index is 9.80. The summed E-state index contributed by atoms with van der Waals surface area (Å²) in [6, 6.07) is 32.2. The van der Waals surface area contributed by atoms with Gasteiger partial charge in [-0.25, -0.2) is 0 Å². The number of aliphatic hydroxyl groups is 1. The molecule has 0 saturated carbocycles. The first-order valence-electron chi connectivity index (χ1n) is 9.74. The number of hydrogen-bond donors (Lipinski definition) is 3. The Hall–Kier alpha value is -3.82. The van der Waals surface area contributed by atoms with Crippen LogP contribution in [0.15, 0.2) is 103 Å². The first-order valence-corrected chi connectivity index (χ1v) is 9.74. The zero-order valence-electron chi connectivity index (χ0n) is 16.4.